The Morgan fingerprint density at radius 1 is 1.26 bits per heavy atom. The van der Waals surface area contributed by atoms with Gasteiger partial charge in [0.25, 0.3) is 0 Å². The molecule has 1 aromatic heterocycles. The van der Waals surface area contributed by atoms with E-state index in [0.717, 1.165) is 23.2 Å². The van der Waals surface area contributed by atoms with E-state index in [1.165, 1.54) is 24.0 Å². The van der Waals surface area contributed by atoms with Gasteiger partial charge >= 0.3 is 0 Å². The first-order valence-corrected chi connectivity index (χ1v) is 10.1. The van der Waals surface area contributed by atoms with Crippen molar-refractivity contribution < 1.29 is 14.6 Å². The van der Waals surface area contributed by atoms with Crippen LogP contribution in [-0.4, -0.2) is 23.1 Å². The van der Waals surface area contributed by atoms with Crippen molar-refractivity contribution in [1.82, 2.24) is 4.98 Å². The number of ether oxygens (including phenoxy) is 1. The Balaban J connectivity index is 1.68. The third kappa shape index (κ3) is 4.67. The van der Waals surface area contributed by atoms with Gasteiger partial charge in [-0.3, -0.25) is 4.79 Å². The first kappa shape index (κ1) is 19.4. The second-order valence-electron chi connectivity index (χ2n) is 5.94. The SMILES string of the molecule is CCc1ccc(-c2csc(NC(=O)Cc3cc(Br)c(O)c(OC)c3)n2)cc1. The highest BCUT2D eigenvalue weighted by atomic mass is 79.9. The average Bonchev–Trinajstić information content (AvgIpc) is 3.12. The summed E-state index contributed by atoms with van der Waals surface area (Å²) >= 11 is 4.65. The number of hydrogen-bond donors (Lipinski definition) is 2. The highest BCUT2D eigenvalue weighted by molar-refractivity contribution is 9.10. The molecule has 2 N–H and O–H groups in total. The Morgan fingerprint density at radius 2 is 2.00 bits per heavy atom. The molecule has 0 saturated heterocycles. The highest BCUT2D eigenvalue weighted by Crippen LogP contribution is 2.35. The first-order valence-electron chi connectivity index (χ1n) is 8.40. The van der Waals surface area contributed by atoms with Crippen LogP contribution in [0, 0.1) is 0 Å². The lowest BCUT2D eigenvalue weighted by Crippen LogP contribution is -2.14. The van der Waals surface area contributed by atoms with Gasteiger partial charge in [-0.15, -0.1) is 11.3 Å². The standard InChI is InChI=1S/C20H19BrN2O3S/c1-3-12-4-6-14(7-5-12)16-11-27-20(22-16)23-18(24)10-13-8-15(21)19(25)17(9-13)26-2/h4-9,11,25H,3,10H2,1-2H3,(H,22,23,24). The van der Waals surface area contributed by atoms with E-state index in [0.29, 0.717) is 15.4 Å². The Morgan fingerprint density at radius 3 is 2.67 bits per heavy atom. The van der Waals surface area contributed by atoms with E-state index < -0.39 is 0 Å². The summed E-state index contributed by atoms with van der Waals surface area (Å²) in [6.45, 7) is 2.12. The zero-order valence-corrected chi connectivity index (χ0v) is 17.4. The second-order valence-corrected chi connectivity index (χ2v) is 7.65. The minimum atomic E-state index is -0.183. The van der Waals surface area contributed by atoms with E-state index >= 15 is 0 Å². The molecule has 0 unspecified atom stereocenters. The molecule has 0 radical (unpaired) electrons. The van der Waals surface area contributed by atoms with Gasteiger partial charge < -0.3 is 15.2 Å². The lowest BCUT2D eigenvalue weighted by Gasteiger charge is -2.08. The van der Waals surface area contributed by atoms with Crippen molar-refractivity contribution in [2.24, 2.45) is 0 Å². The van der Waals surface area contributed by atoms with Gasteiger partial charge in [-0.05, 0) is 45.6 Å². The predicted molar refractivity (Wildman–Crippen MR) is 112 cm³/mol. The molecule has 3 rings (SSSR count). The molecule has 0 fully saturated rings. The molecule has 1 heterocycles. The number of aromatic hydroxyl groups is 1. The smallest absolute Gasteiger partial charge is 0.230 e. The van der Waals surface area contributed by atoms with Crippen LogP contribution < -0.4 is 10.1 Å². The molecule has 27 heavy (non-hydrogen) atoms. The van der Waals surface area contributed by atoms with E-state index in [9.17, 15) is 9.90 Å². The maximum Gasteiger partial charge on any atom is 0.230 e. The van der Waals surface area contributed by atoms with Gasteiger partial charge in [-0.2, -0.15) is 0 Å². The fourth-order valence-electron chi connectivity index (χ4n) is 2.61. The number of aromatic nitrogens is 1. The zero-order chi connectivity index (χ0) is 19.4. The number of halogens is 1. The number of carbonyl (C=O) groups is 1. The average molecular weight is 447 g/mol. The van der Waals surface area contributed by atoms with Crippen LogP contribution in [0.5, 0.6) is 11.5 Å². The number of amides is 1. The van der Waals surface area contributed by atoms with Gasteiger partial charge in [0, 0.05) is 10.9 Å². The van der Waals surface area contributed by atoms with E-state index in [1.807, 2.05) is 17.5 Å². The van der Waals surface area contributed by atoms with Crippen molar-refractivity contribution >= 4 is 38.3 Å². The van der Waals surface area contributed by atoms with Gasteiger partial charge in [0.1, 0.15) is 0 Å². The molecule has 0 atom stereocenters. The fraction of sp³-hybridized carbons (Fsp3) is 0.200. The third-order valence-corrected chi connectivity index (χ3v) is 5.44. The molecule has 140 valence electrons. The predicted octanol–water partition coefficient (Wildman–Crippen LogP) is 5.03. The Hall–Kier alpha value is -2.38. The maximum atomic E-state index is 12.3. The van der Waals surface area contributed by atoms with Crippen molar-refractivity contribution in [3.8, 4) is 22.8 Å². The number of thiazole rings is 1. The van der Waals surface area contributed by atoms with E-state index in [1.54, 1.807) is 12.1 Å². The number of nitrogens with zero attached hydrogens (tertiary/aromatic N) is 1. The number of nitrogens with one attached hydrogen (secondary N) is 1. The zero-order valence-electron chi connectivity index (χ0n) is 15.0. The van der Waals surface area contributed by atoms with Crippen molar-refractivity contribution in [2.75, 3.05) is 12.4 Å². The Bertz CT molecular complexity index is 954. The van der Waals surface area contributed by atoms with Gasteiger partial charge in [0.05, 0.1) is 23.7 Å². The quantitative estimate of drug-likeness (QED) is 0.556. The number of phenols is 1. The lowest BCUT2D eigenvalue weighted by molar-refractivity contribution is -0.115. The molecule has 0 aliphatic carbocycles. The summed E-state index contributed by atoms with van der Waals surface area (Å²) in [4.78, 5) is 16.8. The van der Waals surface area contributed by atoms with Crippen LogP contribution in [-0.2, 0) is 17.6 Å². The maximum absolute atomic E-state index is 12.3. The summed E-state index contributed by atoms with van der Waals surface area (Å²) in [5.74, 6) is 0.149. The number of anilines is 1. The van der Waals surface area contributed by atoms with Crippen LogP contribution in [0.25, 0.3) is 11.3 Å². The summed E-state index contributed by atoms with van der Waals surface area (Å²) < 4.78 is 5.60. The van der Waals surface area contributed by atoms with Crippen molar-refractivity contribution in [3.63, 3.8) is 0 Å². The van der Waals surface area contributed by atoms with Crippen molar-refractivity contribution in [3.05, 3.63) is 57.4 Å². The molecular weight excluding hydrogens is 428 g/mol. The minimum Gasteiger partial charge on any atom is -0.503 e. The number of aryl methyl sites for hydroxylation is 1. The molecule has 0 saturated carbocycles. The van der Waals surface area contributed by atoms with Crippen LogP contribution in [0.1, 0.15) is 18.1 Å². The Kier molecular flexibility index (Phi) is 6.13. The molecule has 1 amide bonds. The van der Waals surface area contributed by atoms with Gasteiger partial charge in [-0.25, -0.2) is 4.98 Å². The van der Waals surface area contributed by atoms with Crippen LogP contribution in [0.15, 0.2) is 46.3 Å². The Labute approximate surface area is 170 Å². The van der Waals surface area contributed by atoms with Crippen molar-refractivity contribution in [1.29, 1.82) is 0 Å². The number of phenolic OH excluding ortho intramolecular Hbond substituents is 1. The normalized spacial score (nSPS) is 10.6. The number of carbonyl (C=O) groups excluding carboxylic acids is 1. The molecule has 0 aliphatic rings. The molecule has 0 aliphatic heterocycles. The number of hydrogen-bond acceptors (Lipinski definition) is 5. The summed E-state index contributed by atoms with van der Waals surface area (Å²) in [6.07, 6.45) is 1.15. The number of benzene rings is 2. The van der Waals surface area contributed by atoms with E-state index in [2.05, 4.69) is 45.3 Å². The highest BCUT2D eigenvalue weighted by Gasteiger charge is 2.13. The van der Waals surface area contributed by atoms with E-state index in [-0.39, 0.29) is 18.1 Å². The van der Waals surface area contributed by atoms with E-state index in [4.69, 9.17) is 4.74 Å². The molecule has 0 spiro atoms. The molecule has 5 nitrogen and oxygen atoms in total. The third-order valence-electron chi connectivity index (χ3n) is 4.08. The number of rotatable bonds is 6. The minimum absolute atomic E-state index is 0.0142. The molecule has 2 aromatic carbocycles. The largest absolute Gasteiger partial charge is 0.503 e. The molecule has 0 bridgehead atoms. The van der Waals surface area contributed by atoms with Crippen LogP contribution >= 0.6 is 27.3 Å². The number of methoxy groups -OCH3 is 1. The van der Waals surface area contributed by atoms with Crippen molar-refractivity contribution in [2.45, 2.75) is 19.8 Å². The topological polar surface area (TPSA) is 71.5 Å². The van der Waals surface area contributed by atoms with Gasteiger partial charge in [0.15, 0.2) is 16.6 Å². The summed E-state index contributed by atoms with van der Waals surface area (Å²) in [7, 11) is 1.47. The fourth-order valence-corrected chi connectivity index (χ4v) is 3.83. The van der Waals surface area contributed by atoms with Gasteiger partial charge in [-0.1, -0.05) is 31.2 Å². The summed E-state index contributed by atoms with van der Waals surface area (Å²) in [5, 5.41) is 15.2. The summed E-state index contributed by atoms with van der Waals surface area (Å²) in [5.41, 5.74) is 3.86. The molecule has 7 heteroatoms. The molecule has 3 aromatic rings. The second kappa shape index (κ2) is 8.54. The first-order chi connectivity index (χ1) is 13.0. The van der Waals surface area contributed by atoms with Gasteiger partial charge in [0.2, 0.25) is 5.91 Å². The van der Waals surface area contributed by atoms with Crippen LogP contribution in [0.2, 0.25) is 0 Å². The molecular formula is C20H19BrN2O3S. The lowest BCUT2D eigenvalue weighted by atomic mass is 10.1. The summed E-state index contributed by atoms with van der Waals surface area (Å²) in [6, 6.07) is 11.6. The van der Waals surface area contributed by atoms with Crippen LogP contribution in [0.3, 0.4) is 0 Å². The monoisotopic (exact) mass is 446 g/mol. The van der Waals surface area contributed by atoms with Crippen LogP contribution in [0.4, 0.5) is 5.13 Å².